The standard InChI is InChI=1S/C12H15Cl/c1-2-3-9-12(13)10-11-7-5-4-6-8-11/h4-8,10H,2-3,9H2,1H3/b12-10-. The Hall–Kier alpha value is -0.750. The maximum Gasteiger partial charge on any atom is 0.0186 e. The van der Waals surface area contributed by atoms with E-state index in [1.807, 2.05) is 24.3 Å². The third-order valence-electron chi connectivity index (χ3n) is 1.89. The van der Waals surface area contributed by atoms with Gasteiger partial charge >= 0.3 is 0 Å². The Kier molecular flexibility index (Phi) is 4.63. The van der Waals surface area contributed by atoms with Crippen LogP contribution >= 0.6 is 11.6 Å². The lowest BCUT2D eigenvalue weighted by Crippen LogP contribution is -1.75. The molecule has 1 aromatic rings. The lowest BCUT2D eigenvalue weighted by atomic mass is 10.2. The van der Waals surface area contributed by atoms with Gasteiger partial charge in [-0.25, -0.2) is 0 Å². The van der Waals surface area contributed by atoms with Gasteiger partial charge in [-0.2, -0.15) is 0 Å². The van der Waals surface area contributed by atoms with Crippen LogP contribution in [0.2, 0.25) is 0 Å². The molecule has 0 aliphatic heterocycles. The number of unbranched alkanes of at least 4 members (excludes halogenated alkanes) is 1. The van der Waals surface area contributed by atoms with Crippen LogP contribution in [0, 0.1) is 0 Å². The van der Waals surface area contributed by atoms with Crippen molar-refractivity contribution in [2.45, 2.75) is 26.2 Å². The zero-order chi connectivity index (χ0) is 9.52. The van der Waals surface area contributed by atoms with E-state index in [1.54, 1.807) is 0 Å². The topological polar surface area (TPSA) is 0 Å². The maximum atomic E-state index is 6.06. The fourth-order valence-electron chi connectivity index (χ4n) is 1.15. The predicted molar refractivity (Wildman–Crippen MR) is 59.8 cm³/mol. The summed E-state index contributed by atoms with van der Waals surface area (Å²) in [6.07, 6.45) is 5.39. The minimum Gasteiger partial charge on any atom is -0.0891 e. The fourth-order valence-corrected chi connectivity index (χ4v) is 1.41. The first-order valence-electron chi connectivity index (χ1n) is 4.74. The predicted octanol–water partition coefficient (Wildman–Crippen LogP) is 4.46. The number of allylic oxidation sites excluding steroid dienone is 1. The summed E-state index contributed by atoms with van der Waals surface area (Å²) in [6.45, 7) is 2.17. The zero-order valence-corrected chi connectivity index (χ0v) is 8.72. The average molecular weight is 195 g/mol. The van der Waals surface area contributed by atoms with Crippen LogP contribution in [-0.4, -0.2) is 0 Å². The van der Waals surface area contributed by atoms with Gasteiger partial charge < -0.3 is 0 Å². The van der Waals surface area contributed by atoms with E-state index in [0.29, 0.717) is 0 Å². The van der Waals surface area contributed by atoms with E-state index < -0.39 is 0 Å². The van der Waals surface area contributed by atoms with Crippen molar-refractivity contribution < 1.29 is 0 Å². The van der Waals surface area contributed by atoms with Crippen LogP contribution in [0.25, 0.3) is 6.08 Å². The first-order valence-corrected chi connectivity index (χ1v) is 5.12. The second-order valence-corrected chi connectivity index (χ2v) is 3.59. The average Bonchev–Trinajstić information content (AvgIpc) is 2.16. The van der Waals surface area contributed by atoms with Crippen LogP contribution in [0.5, 0.6) is 0 Å². The molecule has 0 radical (unpaired) electrons. The first-order chi connectivity index (χ1) is 6.33. The molecule has 70 valence electrons. The Balaban J connectivity index is 2.55. The van der Waals surface area contributed by atoms with Crippen LogP contribution in [0.3, 0.4) is 0 Å². The third-order valence-corrected chi connectivity index (χ3v) is 2.19. The van der Waals surface area contributed by atoms with E-state index in [2.05, 4.69) is 19.1 Å². The van der Waals surface area contributed by atoms with Gasteiger partial charge in [0.25, 0.3) is 0 Å². The minimum absolute atomic E-state index is 0.952. The molecule has 1 heteroatoms. The summed E-state index contributed by atoms with van der Waals surface area (Å²) in [6, 6.07) is 10.2. The van der Waals surface area contributed by atoms with Crippen LogP contribution < -0.4 is 0 Å². The second-order valence-electron chi connectivity index (χ2n) is 3.11. The van der Waals surface area contributed by atoms with Crippen molar-refractivity contribution in [2.24, 2.45) is 0 Å². The molecule has 0 unspecified atom stereocenters. The Labute approximate surface area is 85.2 Å². The lowest BCUT2D eigenvalue weighted by molar-refractivity contribution is 0.809. The molecule has 0 aliphatic rings. The number of hydrogen-bond donors (Lipinski definition) is 0. The Morgan fingerprint density at radius 2 is 2.00 bits per heavy atom. The monoisotopic (exact) mass is 194 g/mol. The highest BCUT2D eigenvalue weighted by Crippen LogP contribution is 2.15. The number of halogens is 1. The second kappa shape index (κ2) is 5.82. The Morgan fingerprint density at radius 3 is 2.62 bits per heavy atom. The fraction of sp³-hybridized carbons (Fsp3) is 0.333. The molecular formula is C12H15Cl. The van der Waals surface area contributed by atoms with Crippen molar-refractivity contribution >= 4 is 17.7 Å². The normalized spacial score (nSPS) is 11.7. The van der Waals surface area contributed by atoms with Crippen molar-refractivity contribution in [1.29, 1.82) is 0 Å². The zero-order valence-electron chi connectivity index (χ0n) is 7.96. The highest BCUT2D eigenvalue weighted by Gasteiger charge is 1.92. The molecule has 1 aromatic carbocycles. The summed E-state index contributed by atoms with van der Waals surface area (Å²) in [5.41, 5.74) is 1.18. The van der Waals surface area contributed by atoms with Gasteiger partial charge in [0.05, 0.1) is 0 Å². The molecule has 0 saturated heterocycles. The lowest BCUT2D eigenvalue weighted by Gasteiger charge is -1.97. The summed E-state index contributed by atoms with van der Waals surface area (Å²) in [7, 11) is 0. The van der Waals surface area contributed by atoms with Crippen LogP contribution in [0.4, 0.5) is 0 Å². The molecule has 0 nitrogen and oxygen atoms in total. The van der Waals surface area contributed by atoms with Crippen molar-refractivity contribution in [2.75, 3.05) is 0 Å². The molecule has 0 heterocycles. The van der Waals surface area contributed by atoms with Gasteiger partial charge in [-0.15, -0.1) is 0 Å². The molecule has 0 amide bonds. The minimum atomic E-state index is 0.952. The van der Waals surface area contributed by atoms with E-state index in [0.717, 1.165) is 11.5 Å². The van der Waals surface area contributed by atoms with Crippen LogP contribution in [0.1, 0.15) is 31.7 Å². The number of rotatable bonds is 4. The van der Waals surface area contributed by atoms with E-state index in [9.17, 15) is 0 Å². The van der Waals surface area contributed by atoms with Gasteiger partial charge in [0.15, 0.2) is 0 Å². The van der Waals surface area contributed by atoms with E-state index >= 15 is 0 Å². The highest BCUT2D eigenvalue weighted by molar-refractivity contribution is 6.31. The van der Waals surface area contributed by atoms with Crippen molar-refractivity contribution in [1.82, 2.24) is 0 Å². The summed E-state index contributed by atoms with van der Waals surface area (Å²) in [5.74, 6) is 0. The van der Waals surface area contributed by atoms with Crippen LogP contribution in [0.15, 0.2) is 35.4 Å². The molecule has 0 atom stereocenters. The molecule has 0 aromatic heterocycles. The molecule has 1 rings (SSSR count). The van der Waals surface area contributed by atoms with Gasteiger partial charge in [-0.1, -0.05) is 55.3 Å². The smallest absolute Gasteiger partial charge is 0.0186 e. The largest absolute Gasteiger partial charge is 0.0891 e. The number of benzene rings is 1. The maximum absolute atomic E-state index is 6.06. The molecule has 13 heavy (non-hydrogen) atoms. The molecule has 0 spiro atoms. The van der Waals surface area contributed by atoms with Gasteiger partial charge in [0, 0.05) is 5.03 Å². The quantitative estimate of drug-likeness (QED) is 0.664. The SMILES string of the molecule is CCCC/C(Cl)=C/c1ccccc1. The molecule has 0 saturated carbocycles. The van der Waals surface area contributed by atoms with Gasteiger partial charge in [-0.05, 0) is 24.5 Å². The van der Waals surface area contributed by atoms with Crippen molar-refractivity contribution in [3.63, 3.8) is 0 Å². The van der Waals surface area contributed by atoms with Gasteiger partial charge in [0.2, 0.25) is 0 Å². The molecule has 0 aliphatic carbocycles. The summed E-state index contributed by atoms with van der Waals surface area (Å²) >= 11 is 6.06. The summed E-state index contributed by atoms with van der Waals surface area (Å²) in [4.78, 5) is 0. The van der Waals surface area contributed by atoms with E-state index in [4.69, 9.17) is 11.6 Å². The molecule has 0 bridgehead atoms. The third kappa shape index (κ3) is 4.14. The van der Waals surface area contributed by atoms with E-state index in [-0.39, 0.29) is 0 Å². The Bertz CT molecular complexity index is 262. The van der Waals surface area contributed by atoms with Gasteiger partial charge in [0.1, 0.15) is 0 Å². The molecule has 0 N–H and O–H groups in total. The highest BCUT2D eigenvalue weighted by atomic mass is 35.5. The van der Waals surface area contributed by atoms with Crippen molar-refractivity contribution in [3.8, 4) is 0 Å². The van der Waals surface area contributed by atoms with E-state index in [1.165, 1.54) is 18.4 Å². The van der Waals surface area contributed by atoms with Gasteiger partial charge in [-0.3, -0.25) is 0 Å². The molecule has 0 fully saturated rings. The first kappa shape index (κ1) is 10.3. The molecular weight excluding hydrogens is 180 g/mol. The van der Waals surface area contributed by atoms with Crippen LogP contribution in [-0.2, 0) is 0 Å². The number of hydrogen-bond acceptors (Lipinski definition) is 0. The Morgan fingerprint density at radius 1 is 1.31 bits per heavy atom. The summed E-state index contributed by atoms with van der Waals surface area (Å²) in [5, 5.41) is 0.952. The van der Waals surface area contributed by atoms with Crippen molar-refractivity contribution in [3.05, 3.63) is 40.9 Å². The summed E-state index contributed by atoms with van der Waals surface area (Å²) < 4.78 is 0.